The highest BCUT2D eigenvalue weighted by molar-refractivity contribution is 6.31. The van der Waals surface area contributed by atoms with Gasteiger partial charge in [-0.25, -0.2) is 9.59 Å². The first-order valence-corrected chi connectivity index (χ1v) is 10.5. The first-order valence-electron chi connectivity index (χ1n) is 10.2. The summed E-state index contributed by atoms with van der Waals surface area (Å²) in [4.78, 5) is 36.9. The molecule has 2 aromatic rings. The van der Waals surface area contributed by atoms with Crippen LogP contribution in [0.1, 0.15) is 28.8 Å². The minimum absolute atomic E-state index is 0.0865. The Kier molecular flexibility index (Phi) is 8.08. The Balaban J connectivity index is 1.58. The monoisotopic (exact) mass is 460 g/mol. The summed E-state index contributed by atoms with van der Waals surface area (Å²) in [6.45, 7) is 0.996. The number of hydrogen-bond acceptors (Lipinski definition) is 6. The van der Waals surface area contributed by atoms with Crippen molar-refractivity contribution in [2.24, 2.45) is 5.41 Å². The van der Waals surface area contributed by atoms with Crippen molar-refractivity contribution in [1.82, 2.24) is 5.32 Å². The molecule has 8 nitrogen and oxygen atoms in total. The maximum atomic E-state index is 13.0. The Bertz CT molecular complexity index is 957. The van der Waals surface area contributed by atoms with Gasteiger partial charge in [0.1, 0.15) is 6.61 Å². The Morgan fingerprint density at radius 3 is 2.41 bits per heavy atom. The fourth-order valence-electron chi connectivity index (χ4n) is 3.37. The number of hydrogen-bond donors (Lipinski definition) is 2. The maximum Gasteiger partial charge on any atom is 0.411 e. The number of rotatable bonds is 7. The van der Waals surface area contributed by atoms with Crippen LogP contribution in [0.15, 0.2) is 48.5 Å². The number of methoxy groups -OCH3 is 1. The largest absolute Gasteiger partial charge is 0.465 e. The van der Waals surface area contributed by atoms with Gasteiger partial charge in [0.05, 0.1) is 18.1 Å². The van der Waals surface area contributed by atoms with Gasteiger partial charge in [-0.15, -0.1) is 0 Å². The second kappa shape index (κ2) is 11.0. The van der Waals surface area contributed by atoms with E-state index in [1.54, 1.807) is 18.2 Å². The summed E-state index contributed by atoms with van der Waals surface area (Å²) in [5.74, 6) is -0.681. The fourth-order valence-corrected chi connectivity index (χ4v) is 3.57. The minimum atomic E-state index is -0.883. The zero-order valence-electron chi connectivity index (χ0n) is 17.7. The van der Waals surface area contributed by atoms with Crippen LogP contribution >= 0.6 is 11.6 Å². The molecule has 0 atom stereocenters. The van der Waals surface area contributed by atoms with Crippen molar-refractivity contribution in [3.63, 3.8) is 0 Å². The Morgan fingerprint density at radius 2 is 1.75 bits per heavy atom. The lowest BCUT2D eigenvalue weighted by Crippen LogP contribution is -2.48. The van der Waals surface area contributed by atoms with Crippen molar-refractivity contribution >= 4 is 35.3 Å². The van der Waals surface area contributed by atoms with Gasteiger partial charge in [0.2, 0.25) is 5.91 Å². The zero-order valence-corrected chi connectivity index (χ0v) is 18.4. The minimum Gasteiger partial charge on any atom is -0.465 e. The summed E-state index contributed by atoms with van der Waals surface area (Å²) >= 11 is 6.17. The SMILES string of the molecule is COC(=O)c1ccc(NC(=O)OCC2(C(=O)NCc3ccccc3Cl)CCOCC2)cc1. The molecule has 170 valence electrons. The van der Waals surface area contributed by atoms with Crippen LogP contribution in [0.3, 0.4) is 0 Å². The van der Waals surface area contributed by atoms with Gasteiger partial charge in [-0.2, -0.15) is 0 Å². The molecule has 2 amide bonds. The average Bonchev–Trinajstić information content (AvgIpc) is 2.82. The van der Waals surface area contributed by atoms with Gasteiger partial charge in [0, 0.05) is 30.5 Å². The van der Waals surface area contributed by atoms with Crippen molar-refractivity contribution < 1.29 is 28.6 Å². The van der Waals surface area contributed by atoms with Gasteiger partial charge in [-0.05, 0) is 48.7 Å². The molecular formula is C23H25ClN2O6. The number of anilines is 1. The molecule has 2 aromatic carbocycles. The smallest absolute Gasteiger partial charge is 0.411 e. The molecule has 9 heteroatoms. The van der Waals surface area contributed by atoms with Crippen molar-refractivity contribution in [1.29, 1.82) is 0 Å². The average molecular weight is 461 g/mol. The molecule has 0 aromatic heterocycles. The molecule has 1 saturated heterocycles. The van der Waals surface area contributed by atoms with E-state index in [0.29, 0.717) is 42.3 Å². The summed E-state index contributed by atoms with van der Waals surface area (Å²) in [5, 5.41) is 6.08. The highest BCUT2D eigenvalue weighted by Crippen LogP contribution is 2.32. The predicted octanol–water partition coefficient (Wildman–Crippen LogP) is 3.79. The molecule has 0 unspecified atom stereocenters. The molecule has 2 N–H and O–H groups in total. The van der Waals surface area contributed by atoms with E-state index in [9.17, 15) is 14.4 Å². The number of esters is 1. The maximum absolute atomic E-state index is 13.0. The highest BCUT2D eigenvalue weighted by atomic mass is 35.5. The van der Waals surface area contributed by atoms with Gasteiger partial charge < -0.3 is 19.5 Å². The number of halogens is 1. The quantitative estimate of drug-likeness (QED) is 0.609. The van der Waals surface area contributed by atoms with Crippen LogP contribution in [0.2, 0.25) is 5.02 Å². The molecule has 1 fully saturated rings. The Labute approximate surface area is 191 Å². The third kappa shape index (κ3) is 5.99. The standard InChI is InChI=1S/C23H25ClN2O6/c1-30-20(27)16-6-8-18(9-7-16)26-22(29)32-15-23(10-12-31-13-11-23)21(28)25-14-17-4-2-3-5-19(17)24/h2-9H,10-15H2,1H3,(H,25,28)(H,26,29). The molecule has 0 saturated carbocycles. The number of amides is 2. The highest BCUT2D eigenvalue weighted by Gasteiger charge is 2.41. The van der Waals surface area contributed by atoms with Crippen molar-refractivity contribution in [3.05, 3.63) is 64.7 Å². The molecule has 3 rings (SSSR count). The summed E-state index contributed by atoms with van der Waals surface area (Å²) in [6.07, 6.45) is 0.172. The predicted molar refractivity (Wildman–Crippen MR) is 119 cm³/mol. The van der Waals surface area contributed by atoms with Crippen molar-refractivity contribution in [2.75, 3.05) is 32.2 Å². The summed E-state index contributed by atoms with van der Waals surface area (Å²) in [7, 11) is 1.29. The van der Waals surface area contributed by atoms with E-state index in [1.165, 1.54) is 19.2 Å². The fraction of sp³-hybridized carbons (Fsp3) is 0.348. The normalized spacial score (nSPS) is 14.8. The molecular weight excluding hydrogens is 436 g/mol. The van der Waals surface area contributed by atoms with Crippen LogP contribution in [0.4, 0.5) is 10.5 Å². The van der Waals surface area contributed by atoms with Gasteiger partial charge in [0.25, 0.3) is 0 Å². The van der Waals surface area contributed by atoms with E-state index in [1.807, 2.05) is 18.2 Å². The summed E-state index contributed by atoms with van der Waals surface area (Å²) in [5.41, 5.74) is 0.736. The van der Waals surface area contributed by atoms with Gasteiger partial charge in [-0.1, -0.05) is 29.8 Å². The first kappa shape index (κ1) is 23.6. The van der Waals surface area contributed by atoms with E-state index in [-0.39, 0.29) is 19.1 Å². The number of carbonyl (C=O) groups excluding carboxylic acids is 3. The number of benzene rings is 2. The third-order valence-corrected chi connectivity index (χ3v) is 5.73. The van der Waals surface area contributed by atoms with E-state index in [0.717, 1.165) is 5.56 Å². The van der Waals surface area contributed by atoms with Crippen molar-refractivity contribution in [2.45, 2.75) is 19.4 Å². The van der Waals surface area contributed by atoms with Crippen molar-refractivity contribution in [3.8, 4) is 0 Å². The zero-order chi connectivity index (χ0) is 23.0. The van der Waals surface area contributed by atoms with E-state index >= 15 is 0 Å². The van der Waals surface area contributed by atoms with Crippen LogP contribution in [0.5, 0.6) is 0 Å². The molecule has 0 spiro atoms. The summed E-state index contributed by atoms with van der Waals surface area (Å²) in [6, 6.07) is 13.5. The summed E-state index contributed by atoms with van der Waals surface area (Å²) < 4.78 is 15.4. The van der Waals surface area contributed by atoms with Crippen LogP contribution in [-0.2, 0) is 25.5 Å². The van der Waals surface area contributed by atoms with Crippen LogP contribution < -0.4 is 10.6 Å². The van der Waals surface area contributed by atoms with E-state index in [4.69, 9.17) is 21.1 Å². The van der Waals surface area contributed by atoms with E-state index in [2.05, 4.69) is 15.4 Å². The second-order valence-electron chi connectivity index (χ2n) is 7.44. The van der Waals surface area contributed by atoms with Gasteiger partial charge in [0.15, 0.2) is 0 Å². The Hall–Kier alpha value is -3.10. The van der Waals surface area contributed by atoms with E-state index < -0.39 is 17.5 Å². The van der Waals surface area contributed by atoms with Gasteiger partial charge in [-0.3, -0.25) is 10.1 Å². The lowest BCUT2D eigenvalue weighted by Gasteiger charge is -2.35. The molecule has 1 aliphatic heterocycles. The molecule has 0 radical (unpaired) electrons. The number of carbonyl (C=O) groups is 3. The molecule has 1 aliphatic rings. The second-order valence-corrected chi connectivity index (χ2v) is 7.84. The van der Waals surface area contributed by atoms with Crippen LogP contribution in [-0.4, -0.2) is 44.9 Å². The molecule has 1 heterocycles. The number of nitrogens with one attached hydrogen (secondary N) is 2. The Morgan fingerprint density at radius 1 is 1.06 bits per heavy atom. The molecule has 0 bridgehead atoms. The van der Waals surface area contributed by atoms with Crippen LogP contribution in [0, 0.1) is 5.41 Å². The topological polar surface area (TPSA) is 103 Å². The first-order chi connectivity index (χ1) is 15.4. The lowest BCUT2D eigenvalue weighted by atomic mass is 9.80. The third-order valence-electron chi connectivity index (χ3n) is 5.36. The van der Waals surface area contributed by atoms with Crippen LogP contribution in [0.25, 0.3) is 0 Å². The van der Waals surface area contributed by atoms with Gasteiger partial charge >= 0.3 is 12.1 Å². The molecule has 32 heavy (non-hydrogen) atoms. The lowest BCUT2D eigenvalue weighted by molar-refractivity contribution is -0.140. The number of ether oxygens (including phenoxy) is 3. The molecule has 0 aliphatic carbocycles.